The topological polar surface area (TPSA) is 91.2 Å². The van der Waals surface area contributed by atoms with Gasteiger partial charge in [0.2, 0.25) is 5.91 Å². The van der Waals surface area contributed by atoms with Crippen molar-refractivity contribution in [1.82, 2.24) is 20.0 Å². The van der Waals surface area contributed by atoms with Crippen molar-refractivity contribution in [3.63, 3.8) is 0 Å². The van der Waals surface area contributed by atoms with Crippen LogP contribution in [-0.4, -0.2) is 39.6 Å². The molecule has 2 aromatic heterocycles. The molecule has 0 fully saturated rings. The maximum atomic E-state index is 12.5. The lowest BCUT2D eigenvalue weighted by atomic mass is 9.85. The van der Waals surface area contributed by atoms with Gasteiger partial charge in [-0.05, 0) is 43.7 Å². The van der Waals surface area contributed by atoms with Crippen molar-refractivity contribution in [2.45, 2.75) is 26.2 Å². The molecule has 8 nitrogen and oxygen atoms in total. The molecule has 1 aromatic carbocycles. The fourth-order valence-corrected chi connectivity index (χ4v) is 3.70. The second-order valence-corrected chi connectivity index (χ2v) is 7.01. The Kier molecular flexibility index (Phi) is 5.10. The number of benzene rings is 1. The number of halogens is 1. The highest BCUT2D eigenvalue weighted by atomic mass is 35.5. The van der Waals surface area contributed by atoms with Crippen LogP contribution in [0.15, 0.2) is 30.3 Å². The van der Waals surface area contributed by atoms with E-state index in [2.05, 4.69) is 20.6 Å². The van der Waals surface area contributed by atoms with Crippen molar-refractivity contribution in [3.05, 3.63) is 52.3 Å². The van der Waals surface area contributed by atoms with Crippen molar-refractivity contribution in [1.29, 1.82) is 0 Å². The molecule has 1 aliphatic rings. The van der Waals surface area contributed by atoms with E-state index in [-0.39, 0.29) is 17.0 Å². The van der Waals surface area contributed by atoms with Gasteiger partial charge in [0, 0.05) is 17.9 Å². The summed E-state index contributed by atoms with van der Waals surface area (Å²) >= 11 is 5.84. The van der Waals surface area contributed by atoms with Gasteiger partial charge in [-0.3, -0.25) is 4.79 Å². The first kappa shape index (κ1) is 19.2. The standard InChI is InChI=1S/C20H20ClN5O3/c1-4-29-14-6-5-12(9-15(14)28-3)13-10-18(27)22-20-19(13)11(2)25-26(20)17-8-7-16(21)23-24-17/h5-9,13H,4,10H2,1-3H3,(H,22,27)/t13-/m0/s1. The minimum Gasteiger partial charge on any atom is -0.493 e. The molecule has 9 heteroatoms. The molecule has 0 saturated carbocycles. The summed E-state index contributed by atoms with van der Waals surface area (Å²) in [4.78, 5) is 12.5. The zero-order valence-corrected chi connectivity index (χ0v) is 17.0. The normalized spacial score (nSPS) is 15.6. The number of aromatic nitrogens is 4. The fraction of sp³-hybridized carbons (Fsp3) is 0.300. The molecule has 0 saturated heterocycles. The molecule has 150 valence electrons. The van der Waals surface area contributed by atoms with Crippen molar-refractivity contribution in [2.24, 2.45) is 0 Å². The van der Waals surface area contributed by atoms with Crippen molar-refractivity contribution >= 4 is 23.3 Å². The molecule has 4 rings (SSSR count). The van der Waals surface area contributed by atoms with Gasteiger partial charge < -0.3 is 14.8 Å². The van der Waals surface area contributed by atoms with Crippen LogP contribution in [-0.2, 0) is 4.79 Å². The summed E-state index contributed by atoms with van der Waals surface area (Å²) < 4.78 is 12.7. The molecule has 1 N–H and O–H groups in total. The predicted molar refractivity (Wildman–Crippen MR) is 108 cm³/mol. The third kappa shape index (κ3) is 3.51. The number of rotatable bonds is 5. The SMILES string of the molecule is CCOc1ccc([C@@H]2CC(=O)Nc3c2c(C)nn3-c2ccc(Cl)nn2)cc1OC. The van der Waals surface area contributed by atoms with Crippen LogP contribution in [0.3, 0.4) is 0 Å². The van der Waals surface area contributed by atoms with E-state index in [9.17, 15) is 4.79 Å². The van der Waals surface area contributed by atoms with Gasteiger partial charge in [-0.1, -0.05) is 17.7 Å². The smallest absolute Gasteiger partial charge is 0.226 e. The van der Waals surface area contributed by atoms with E-state index in [0.717, 1.165) is 16.8 Å². The Balaban J connectivity index is 1.81. The molecule has 0 aliphatic carbocycles. The van der Waals surface area contributed by atoms with Crippen molar-refractivity contribution in [2.75, 3.05) is 19.0 Å². The second-order valence-electron chi connectivity index (χ2n) is 6.62. The van der Waals surface area contributed by atoms with Gasteiger partial charge in [-0.2, -0.15) is 9.78 Å². The van der Waals surface area contributed by atoms with Crippen LogP contribution in [0.2, 0.25) is 5.15 Å². The molecule has 29 heavy (non-hydrogen) atoms. The zero-order chi connectivity index (χ0) is 20.5. The van der Waals surface area contributed by atoms with E-state index >= 15 is 0 Å². The van der Waals surface area contributed by atoms with Gasteiger partial charge >= 0.3 is 0 Å². The van der Waals surface area contributed by atoms with Crippen molar-refractivity contribution in [3.8, 4) is 17.3 Å². The van der Waals surface area contributed by atoms with Gasteiger partial charge in [0.05, 0.1) is 19.4 Å². The summed E-state index contributed by atoms with van der Waals surface area (Å²) in [5.41, 5.74) is 2.69. The fourth-order valence-electron chi connectivity index (χ4n) is 3.60. The summed E-state index contributed by atoms with van der Waals surface area (Å²) in [5.74, 6) is 2.10. The molecule has 0 bridgehead atoms. The van der Waals surface area contributed by atoms with Crippen LogP contribution in [0.5, 0.6) is 11.5 Å². The first-order valence-electron chi connectivity index (χ1n) is 9.21. The monoisotopic (exact) mass is 413 g/mol. The first-order chi connectivity index (χ1) is 14.0. The first-order valence-corrected chi connectivity index (χ1v) is 9.59. The number of carbonyl (C=O) groups excluding carboxylic acids is 1. The molecule has 1 atom stereocenters. The Morgan fingerprint density at radius 3 is 2.76 bits per heavy atom. The summed E-state index contributed by atoms with van der Waals surface area (Å²) in [7, 11) is 1.60. The zero-order valence-electron chi connectivity index (χ0n) is 16.3. The lowest BCUT2D eigenvalue weighted by molar-refractivity contribution is -0.116. The number of nitrogens with one attached hydrogen (secondary N) is 1. The summed E-state index contributed by atoms with van der Waals surface area (Å²) in [6.07, 6.45) is 0.308. The Labute approximate surface area is 172 Å². The summed E-state index contributed by atoms with van der Waals surface area (Å²) in [6.45, 7) is 4.37. The summed E-state index contributed by atoms with van der Waals surface area (Å²) in [6, 6.07) is 9.08. The van der Waals surface area contributed by atoms with Crippen LogP contribution >= 0.6 is 11.6 Å². The lowest BCUT2D eigenvalue weighted by Crippen LogP contribution is -2.25. The van der Waals surface area contributed by atoms with Gasteiger partial charge in [-0.25, -0.2) is 0 Å². The van der Waals surface area contributed by atoms with E-state index < -0.39 is 0 Å². The number of fused-ring (bicyclic) bond motifs is 1. The molecular weight excluding hydrogens is 394 g/mol. The van der Waals surface area contributed by atoms with E-state index in [0.29, 0.717) is 36.2 Å². The number of ether oxygens (including phenoxy) is 2. The maximum Gasteiger partial charge on any atom is 0.226 e. The lowest BCUT2D eigenvalue weighted by Gasteiger charge is -2.25. The number of carbonyl (C=O) groups is 1. The van der Waals surface area contributed by atoms with Crippen LogP contribution < -0.4 is 14.8 Å². The van der Waals surface area contributed by atoms with Gasteiger partial charge in [0.1, 0.15) is 5.82 Å². The molecule has 3 heterocycles. The third-order valence-corrected chi connectivity index (χ3v) is 5.03. The molecule has 0 unspecified atom stereocenters. The minimum absolute atomic E-state index is 0.0987. The highest BCUT2D eigenvalue weighted by Crippen LogP contribution is 2.42. The van der Waals surface area contributed by atoms with E-state index in [1.165, 1.54) is 0 Å². The number of hydrogen-bond acceptors (Lipinski definition) is 6. The van der Waals surface area contributed by atoms with Gasteiger partial charge in [0.15, 0.2) is 22.5 Å². The molecule has 1 aliphatic heterocycles. The Bertz CT molecular complexity index is 1060. The average Bonchev–Trinajstić information content (AvgIpc) is 3.04. The van der Waals surface area contributed by atoms with Crippen LogP contribution in [0, 0.1) is 6.92 Å². The molecule has 0 radical (unpaired) electrons. The van der Waals surface area contributed by atoms with E-state index in [1.54, 1.807) is 23.9 Å². The maximum absolute atomic E-state index is 12.5. The number of amides is 1. The van der Waals surface area contributed by atoms with Crippen LogP contribution in [0.1, 0.15) is 36.1 Å². The third-order valence-electron chi connectivity index (χ3n) is 4.83. The number of methoxy groups -OCH3 is 1. The Morgan fingerprint density at radius 2 is 2.07 bits per heavy atom. The van der Waals surface area contributed by atoms with Crippen molar-refractivity contribution < 1.29 is 14.3 Å². The van der Waals surface area contributed by atoms with E-state index in [1.807, 2.05) is 32.0 Å². The highest BCUT2D eigenvalue weighted by Gasteiger charge is 2.33. The molecule has 3 aromatic rings. The van der Waals surface area contributed by atoms with Crippen LogP contribution in [0.25, 0.3) is 5.82 Å². The van der Waals surface area contributed by atoms with Gasteiger partial charge in [-0.15, -0.1) is 10.2 Å². The highest BCUT2D eigenvalue weighted by molar-refractivity contribution is 6.29. The molecule has 0 spiro atoms. The Morgan fingerprint density at radius 1 is 1.24 bits per heavy atom. The molecule has 1 amide bonds. The number of nitrogens with zero attached hydrogens (tertiary/aromatic N) is 4. The molecular formula is C20H20ClN5O3. The quantitative estimate of drug-likeness (QED) is 0.688. The predicted octanol–water partition coefficient (Wildman–Crippen LogP) is 3.51. The largest absolute Gasteiger partial charge is 0.493 e. The van der Waals surface area contributed by atoms with E-state index in [4.69, 9.17) is 21.1 Å². The average molecular weight is 414 g/mol. The number of hydrogen-bond donors (Lipinski definition) is 1. The number of anilines is 1. The van der Waals surface area contributed by atoms with Gasteiger partial charge in [0.25, 0.3) is 0 Å². The number of aryl methyl sites for hydroxylation is 1. The Hall–Kier alpha value is -3.13. The second kappa shape index (κ2) is 7.71. The summed E-state index contributed by atoms with van der Waals surface area (Å²) in [5, 5.41) is 15.8. The van der Waals surface area contributed by atoms with Crippen LogP contribution in [0.4, 0.5) is 5.82 Å². The minimum atomic E-state index is -0.169.